The standard InChI is InChI=1S/C18H16N4O2S/c1-12-8-20-22(10-12)11-17(23)19-9-13-6-7-15(24-13)18-21-14-4-2-3-5-16(14)25-18/h2-8,10H,9,11H2,1H3,(H,19,23). The van der Waals surface area contributed by atoms with E-state index in [1.807, 2.05) is 49.5 Å². The molecule has 7 heteroatoms. The fourth-order valence-corrected chi connectivity index (χ4v) is 3.44. The van der Waals surface area contributed by atoms with Crippen LogP contribution in [-0.4, -0.2) is 20.7 Å². The Morgan fingerprint density at radius 3 is 2.96 bits per heavy atom. The fourth-order valence-electron chi connectivity index (χ4n) is 2.51. The first kappa shape index (κ1) is 15.6. The van der Waals surface area contributed by atoms with Crippen LogP contribution in [0.3, 0.4) is 0 Å². The van der Waals surface area contributed by atoms with Crippen molar-refractivity contribution in [2.45, 2.75) is 20.0 Å². The highest BCUT2D eigenvalue weighted by Gasteiger charge is 2.11. The molecule has 25 heavy (non-hydrogen) atoms. The van der Waals surface area contributed by atoms with Crippen molar-refractivity contribution in [3.63, 3.8) is 0 Å². The number of amides is 1. The number of aromatic nitrogens is 3. The first-order valence-corrected chi connectivity index (χ1v) is 8.69. The minimum absolute atomic E-state index is 0.110. The molecular weight excluding hydrogens is 336 g/mol. The molecule has 3 aromatic heterocycles. The number of aryl methyl sites for hydroxylation is 1. The molecule has 6 nitrogen and oxygen atoms in total. The van der Waals surface area contributed by atoms with E-state index in [1.165, 1.54) is 0 Å². The second-order valence-corrected chi connectivity index (χ2v) is 6.78. The monoisotopic (exact) mass is 352 g/mol. The van der Waals surface area contributed by atoms with E-state index in [0.717, 1.165) is 20.8 Å². The Morgan fingerprint density at radius 2 is 2.16 bits per heavy atom. The Bertz CT molecular complexity index is 997. The van der Waals surface area contributed by atoms with Crippen LogP contribution in [0, 0.1) is 6.92 Å². The zero-order chi connectivity index (χ0) is 17.2. The number of carbonyl (C=O) groups is 1. The lowest BCUT2D eigenvalue weighted by atomic mass is 10.3. The van der Waals surface area contributed by atoms with Gasteiger partial charge in [0.1, 0.15) is 12.3 Å². The van der Waals surface area contributed by atoms with E-state index < -0.39 is 0 Å². The van der Waals surface area contributed by atoms with Crippen LogP contribution in [-0.2, 0) is 17.9 Å². The van der Waals surface area contributed by atoms with Crippen LogP contribution < -0.4 is 5.32 Å². The number of para-hydroxylation sites is 1. The summed E-state index contributed by atoms with van der Waals surface area (Å²) in [5, 5.41) is 7.78. The predicted molar refractivity (Wildman–Crippen MR) is 96.1 cm³/mol. The van der Waals surface area contributed by atoms with Crippen molar-refractivity contribution in [1.82, 2.24) is 20.1 Å². The summed E-state index contributed by atoms with van der Waals surface area (Å²) >= 11 is 1.59. The molecule has 0 atom stereocenters. The molecule has 126 valence electrons. The van der Waals surface area contributed by atoms with Gasteiger partial charge in [-0.15, -0.1) is 11.3 Å². The molecule has 1 amide bonds. The molecule has 0 fully saturated rings. The molecular formula is C18H16N4O2S. The number of nitrogens with one attached hydrogen (secondary N) is 1. The smallest absolute Gasteiger partial charge is 0.242 e. The minimum Gasteiger partial charge on any atom is -0.457 e. The molecule has 0 aliphatic heterocycles. The van der Waals surface area contributed by atoms with E-state index >= 15 is 0 Å². The second kappa shape index (κ2) is 6.52. The van der Waals surface area contributed by atoms with Gasteiger partial charge >= 0.3 is 0 Å². The first-order chi connectivity index (χ1) is 12.2. The van der Waals surface area contributed by atoms with Crippen LogP contribution in [0.2, 0.25) is 0 Å². The fraction of sp³-hybridized carbons (Fsp3) is 0.167. The first-order valence-electron chi connectivity index (χ1n) is 7.88. The van der Waals surface area contributed by atoms with Gasteiger partial charge in [-0.1, -0.05) is 12.1 Å². The summed E-state index contributed by atoms with van der Waals surface area (Å²) in [6.45, 7) is 2.47. The maximum Gasteiger partial charge on any atom is 0.242 e. The Kier molecular flexibility index (Phi) is 4.07. The molecule has 1 N–H and O–H groups in total. The van der Waals surface area contributed by atoms with E-state index in [9.17, 15) is 4.79 Å². The summed E-state index contributed by atoms with van der Waals surface area (Å²) in [6, 6.07) is 11.7. The van der Waals surface area contributed by atoms with Crippen molar-refractivity contribution in [1.29, 1.82) is 0 Å². The highest BCUT2D eigenvalue weighted by atomic mass is 32.1. The maximum absolute atomic E-state index is 12.0. The molecule has 0 saturated heterocycles. The van der Waals surface area contributed by atoms with Gasteiger partial charge < -0.3 is 9.73 Å². The topological polar surface area (TPSA) is 73.0 Å². The van der Waals surface area contributed by atoms with Gasteiger partial charge in [0.15, 0.2) is 10.8 Å². The maximum atomic E-state index is 12.0. The normalized spacial score (nSPS) is 11.1. The van der Waals surface area contributed by atoms with Gasteiger partial charge in [-0.25, -0.2) is 4.98 Å². The van der Waals surface area contributed by atoms with Gasteiger partial charge in [0, 0.05) is 6.20 Å². The van der Waals surface area contributed by atoms with E-state index in [1.54, 1.807) is 22.2 Å². The third-order valence-electron chi connectivity index (χ3n) is 3.69. The lowest BCUT2D eigenvalue weighted by molar-refractivity contribution is -0.122. The zero-order valence-electron chi connectivity index (χ0n) is 13.6. The zero-order valence-corrected chi connectivity index (χ0v) is 14.4. The summed E-state index contributed by atoms with van der Waals surface area (Å²) in [5.41, 5.74) is 1.99. The average molecular weight is 352 g/mol. The van der Waals surface area contributed by atoms with Gasteiger partial charge in [-0.2, -0.15) is 5.10 Å². The number of nitrogens with zero attached hydrogens (tertiary/aromatic N) is 3. The van der Waals surface area contributed by atoms with E-state index in [0.29, 0.717) is 18.1 Å². The van der Waals surface area contributed by atoms with Crippen molar-refractivity contribution in [3.8, 4) is 10.8 Å². The number of hydrogen-bond acceptors (Lipinski definition) is 5. The van der Waals surface area contributed by atoms with Gasteiger partial charge in [-0.3, -0.25) is 9.48 Å². The molecule has 0 aliphatic rings. The molecule has 1 aromatic carbocycles. The number of hydrogen-bond donors (Lipinski definition) is 1. The van der Waals surface area contributed by atoms with E-state index in [2.05, 4.69) is 15.4 Å². The number of thiazole rings is 1. The van der Waals surface area contributed by atoms with E-state index in [4.69, 9.17) is 4.42 Å². The summed E-state index contributed by atoms with van der Waals surface area (Å²) in [6.07, 6.45) is 3.56. The van der Waals surface area contributed by atoms with Gasteiger partial charge in [0.05, 0.1) is 23.0 Å². The van der Waals surface area contributed by atoms with Crippen molar-refractivity contribution in [2.75, 3.05) is 0 Å². The summed E-state index contributed by atoms with van der Waals surface area (Å²) in [4.78, 5) is 16.5. The Hall–Kier alpha value is -2.93. The molecule has 4 rings (SSSR count). The Morgan fingerprint density at radius 1 is 1.28 bits per heavy atom. The van der Waals surface area contributed by atoms with Crippen molar-refractivity contribution in [3.05, 3.63) is 60.1 Å². The van der Waals surface area contributed by atoms with Crippen LogP contribution in [0.5, 0.6) is 0 Å². The van der Waals surface area contributed by atoms with Crippen LogP contribution in [0.15, 0.2) is 53.2 Å². The van der Waals surface area contributed by atoms with Crippen LogP contribution in [0.4, 0.5) is 0 Å². The number of rotatable bonds is 5. The van der Waals surface area contributed by atoms with Crippen LogP contribution >= 0.6 is 11.3 Å². The SMILES string of the molecule is Cc1cnn(CC(=O)NCc2ccc(-c3nc4ccccc4s3)o2)c1. The minimum atomic E-state index is -0.110. The van der Waals surface area contributed by atoms with E-state index in [-0.39, 0.29) is 12.5 Å². The summed E-state index contributed by atoms with van der Waals surface area (Å²) in [5.74, 6) is 1.30. The lowest BCUT2D eigenvalue weighted by Gasteiger charge is -2.03. The molecule has 4 aromatic rings. The van der Waals surface area contributed by atoms with Crippen molar-refractivity contribution < 1.29 is 9.21 Å². The third kappa shape index (κ3) is 3.46. The van der Waals surface area contributed by atoms with Crippen LogP contribution in [0.1, 0.15) is 11.3 Å². The van der Waals surface area contributed by atoms with Crippen LogP contribution in [0.25, 0.3) is 21.0 Å². The molecule has 3 heterocycles. The highest BCUT2D eigenvalue weighted by molar-refractivity contribution is 7.21. The molecule has 0 saturated carbocycles. The largest absolute Gasteiger partial charge is 0.457 e. The molecule has 0 radical (unpaired) electrons. The summed E-state index contributed by atoms with van der Waals surface area (Å²) in [7, 11) is 0. The number of fused-ring (bicyclic) bond motifs is 1. The molecule has 0 unspecified atom stereocenters. The Balaban J connectivity index is 1.40. The lowest BCUT2D eigenvalue weighted by Crippen LogP contribution is -2.27. The van der Waals surface area contributed by atoms with Gasteiger partial charge in [0.25, 0.3) is 0 Å². The van der Waals surface area contributed by atoms with Gasteiger partial charge in [0.2, 0.25) is 5.91 Å². The quantitative estimate of drug-likeness (QED) is 0.598. The third-order valence-corrected chi connectivity index (χ3v) is 4.75. The molecule has 0 bridgehead atoms. The average Bonchev–Trinajstić information content (AvgIpc) is 3.31. The number of benzene rings is 1. The number of furan rings is 1. The Labute approximate surface area is 148 Å². The predicted octanol–water partition coefficient (Wildman–Crippen LogP) is 3.38. The van der Waals surface area contributed by atoms with Crippen molar-refractivity contribution in [2.24, 2.45) is 0 Å². The molecule has 0 spiro atoms. The summed E-state index contributed by atoms with van der Waals surface area (Å²) < 4.78 is 8.55. The molecule has 0 aliphatic carbocycles. The van der Waals surface area contributed by atoms with Crippen molar-refractivity contribution >= 4 is 27.5 Å². The second-order valence-electron chi connectivity index (χ2n) is 5.74. The highest BCUT2D eigenvalue weighted by Crippen LogP contribution is 2.31. The number of carbonyl (C=O) groups excluding carboxylic acids is 1. The van der Waals surface area contributed by atoms with Gasteiger partial charge in [-0.05, 0) is 36.8 Å².